The van der Waals surface area contributed by atoms with Gasteiger partial charge in [-0.3, -0.25) is 4.79 Å². The summed E-state index contributed by atoms with van der Waals surface area (Å²) in [6, 6.07) is 11.3. The first-order valence-corrected chi connectivity index (χ1v) is 6.62. The molecule has 3 rings (SSSR count). The highest BCUT2D eigenvalue weighted by Gasteiger charge is 2.07. The molecular weight excluding hydrogens is 282 g/mol. The van der Waals surface area contributed by atoms with Crippen molar-refractivity contribution in [3.8, 4) is 22.8 Å². The van der Waals surface area contributed by atoms with Crippen LogP contribution in [0.15, 0.2) is 48.7 Å². The molecule has 2 aromatic carbocycles. The van der Waals surface area contributed by atoms with Gasteiger partial charge in [-0.2, -0.15) is 0 Å². The number of aldehydes is 1. The Morgan fingerprint density at radius 2 is 1.86 bits per heavy atom. The van der Waals surface area contributed by atoms with Gasteiger partial charge in [0.25, 0.3) is 0 Å². The van der Waals surface area contributed by atoms with E-state index in [4.69, 9.17) is 0 Å². The Morgan fingerprint density at radius 3 is 2.59 bits per heavy atom. The van der Waals surface area contributed by atoms with Gasteiger partial charge in [0, 0.05) is 16.7 Å². The lowest BCUT2D eigenvalue weighted by Gasteiger charge is -2.04. The third-order valence-corrected chi connectivity index (χ3v) is 3.28. The number of benzene rings is 2. The molecule has 0 aliphatic heterocycles. The molecule has 0 unspecified atom stereocenters. The minimum absolute atomic E-state index is 0.0811. The van der Waals surface area contributed by atoms with E-state index in [0.29, 0.717) is 23.4 Å². The number of hydrogen-bond acceptors (Lipinski definition) is 5. The van der Waals surface area contributed by atoms with E-state index in [2.05, 4.69) is 10.3 Å². The molecule has 0 saturated carbocycles. The fourth-order valence-electron chi connectivity index (χ4n) is 2.11. The number of hydrogen-bond donors (Lipinski definition) is 2. The smallest absolute Gasteiger partial charge is 0.150 e. The number of carbonyl (C=O) groups is 1. The van der Waals surface area contributed by atoms with Gasteiger partial charge in [0.15, 0.2) is 0 Å². The van der Waals surface area contributed by atoms with Crippen molar-refractivity contribution < 1.29 is 15.0 Å². The largest absolute Gasteiger partial charge is 0.508 e. The molecule has 0 aliphatic rings. The van der Waals surface area contributed by atoms with E-state index in [1.54, 1.807) is 35.1 Å². The van der Waals surface area contributed by atoms with Crippen LogP contribution in [0.5, 0.6) is 11.5 Å². The van der Waals surface area contributed by atoms with Gasteiger partial charge < -0.3 is 10.2 Å². The molecule has 110 valence electrons. The molecule has 0 bridgehead atoms. The fourth-order valence-corrected chi connectivity index (χ4v) is 2.11. The molecule has 1 heterocycles. The van der Waals surface area contributed by atoms with E-state index < -0.39 is 0 Å². The molecule has 0 fully saturated rings. The van der Waals surface area contributed by atoms with E-state index in [9.17, 15) is 15.0 Å². The number of nitrogens with zero attached hydrogens (tertiary/aromatic N) is 3. The Kier molecular flexibility index (Phi) is 3.57. The second-order valence-electron chi connectivity index (χ2n) is 4.85. The summed E-state index contributed by atoms with van der Waals surface area (Å²) in [5.74, 6) is 0.169. The van der Waals surface area contributed by atoms with E-state index in [-0.39, 0.29) is 11.5 Å². The van der Waals surface area contributed by atoms with Crippen LogP contribution in [0.25, 0.3) is 11.3 Å². The molecule has 0 radical (unpaired) electrons. The predicted molar refractivity (Wildman–Crippen MR) is 79.7 cm³/mol. The maximum absolute atomic E-state index is 10.6. The van der Waals surface area contributed by atoms with Gasteiger partial charge in [0.05, 0.1) is 12.7 Å². The number of rotatable bonds is 4. The average Bonchev–Trinajstić information content (AvgIpc) is 2.99. The van der Waals surface area contributed by atoms with Gasteiger partial charge in [-0.05, 0) is 18.2 Å². The molecule has 0 amide bonds. The first kappa shape index (κ1) is 13.8. The maximum atomic E-state index is 10.6. The number of phenols is 2. The zero-order valence-electron chi connectivity index (χ0n) is 11.5. The van der Waals surface area contributed by atoms with Crippen LogP contribution in [0.2, 0.25) is 0 Å². The Labute approximate surface area is 126 Å². The summed E-state index contributed by atoms with van der Waals surface area (Å²) in [6.07, 6.45) is 2.52. The van der Waals surface area contributed by atoms with Crippen LogP contribution in [-0.2, 0) is 6.54 Å². The van der Waals surface area contributed by atoms with Crippen molar-refractivity contribution in [2.45, 2.75) is 6.54 Å². The Balaban J connectivity index is 1.84. The summed E-state index contributed by atoms with van der Waals surface area (Å²) in [7, 11) is 0. The number of aromatic nitrogens is 3. The van der Waals surface area contributed by atoms with Crippen molar-refractivity contribution in [1.29, 1.82) is 0 Å². The highest BCUT2D eigenvalue weighted by atomic mass is 16.3. The molecule has 0 saturated heterocycles. The molecule has 6 heteroatoms. The lowest BCUT2D eigenvalue weighted by Crippen LogP contribution is -2.00. The fraction of sp³-hybridized carbons (Fsp3) is 0.0625. The number of carbonyl (C=O) groups excluding carboxylic acids is 1. The second kappa shape index (κ2) is 5.69. The lowest BCUT2D eigenvalue weighted by atomic mass is 10.1. The van der Waals surface area contributed by atoms with Crippen LogP contribution < -0.4 is 0 Å². The maximum Gasteiger partial charge on any atom is 0.150 e. The van der Waals surface area contributed by atoms with Crippen LogP contribution in [0.1, 0.15) is 15.9 Å². The molecule has 2 N–H and O–H groups in total. The second-order valence-corrected chi connectivity index (χ2v) is 4.85. The van der Waals surface area contributed by atoms with Crippen molar-refractivity contribution in [2.24, 2.45) is 0 Å². The molecule has 1 aromatic heterocycles. The number of aromatic hydroxyl groups is 2. The summed E-state index contributed by atoms with van der Waals surface area (Å²) >= 11 is 0. The van der Waals surface area contributed by atoms with Crippen molar-refractivity contribution in [3.63, 3.8) is 0 Å². The standard InChI is InChI=1S/C16H13N3O3/c20-10-11-1-3-12(4-2-11)15-9-19(18-17-15)8-13-7-14(21)5-6-16(13)22/h1-7,9-10,21-22H,8H2. The van der Waals surface area contributed by atoms with E-state index >= 15 is 0 Å². The first-order valence-electron chi connectivity index (χ1n) is 6.62. The average molecular weight is 295 g/mol. The highest BCUT2D eigenvalue weighted by molar-refractivity contribution is 5.76. The zero-order chi connectivity index (χ0) is 15.5. The van der Waals surface area contributed by atoms with Crippen molar-refractivity contribution in [2.75, 3.05) is 0 Å². The Bertz CT molecular complexity index is 810. The molecule has 0 atom stereocenters. The molecule has 0 spiro atoms. The SMILES string of the molecule is O=Cc1ccc(-c2cn(Cc3cc(O)ccc3O)nn2)cc1. The van der Waals surface area contributed by atoms with Crippen molar-refractivity contribution in [1.82, 2.24) is 15.0 Å². The Hall–Kier alpha value is -3.15. The van der Waals surface area contributed by atoms with Crippen LogP contribution in [-0.4, -0.2) is 31.5 Å². The topological polar surface area (TPSA) is 88.2 Å². The monoisotopic (exact) mass is 295 g/mol. The zero-order valence-corrected chi connectivity index (χ0v) is 11.5. The first-order chi connectivity index (χ1) is 10.7. The molecule has 0 aliphatic carbocycles. The highest BCUT2D eigenvalue weighted by Crippen LogP contribution is 2.23. The van der Waals surface area contributed by atoms with Crippen LogP contribution in [0, 0.1) is 0 Å². The summed E-state index contributed by atoms with van der Waals surface area (Å²) in [5, 5.41) is 27.3. The number of phenolic OH excluding ortho intramolecular Hbond substituents is 2. The third kappa shape index (κ3) is 2.80. The van der Waals surface area contributed by atoms with Crippen LogP contribution in [0.3, 0.4) is 0 Å². The summed E-state index contributed by atoms with van der Waals surface area (Å²) in [6.45, 7) is 0.291. The van der Waals surface area contributed by atoms with Crippen LogP contribution >= 0.6 is 0 Å². The van der Waals surface area contributed by atoms with E-state index in [0.717, 1.165) is 11.8 Å². The Morgan fingerprint density at radius 1 is 1.09 bits per heavy atom. The minimum atomic E-state index is 0.0811. The van der Waals surface area contributed by atoms with Gasteiger partial charge in [0.2, 0.25) is 0 Å². The van der Waals surface area contributed by atoms with Gasteiger partial charge in [-0.1, -0.05) is 29.5 Å². The molecule has 3 aromatic rings. The summed E-state index contributed by atoms with van der Waals surface area (Å²) < 4.78 is 1.57. The van der Waals surface area contributed by atoms with Gasteiger partial charge in [0.1, 0.15) is 23.5 Å². The van der Waals surface area contributed by atoms with Gasteiger partial charge in [-0.25, -0.2) is 4.68 Å². The van der Waals surface area contributed by atoms with Crippen LogP contribution in [0.4, 0.5) is 0 Å². The van der Waals surface area contributed by atoms with Crippen molar-refractivity contribution >= 4 is 6.29 Å². The minimum Gasteiger partial charge on any atom is -0.508 e. The summed E-state index contributed by atoms with van der Waals surface area (Å²) in [4.78, 5) is 10.6. The molecule has 22 heavy (non-hydrogen) atoms. The van der Waals surface area contributed by atoms with Gasteiger partial charge in [-0.15, -0.1) is 5.10 Å². The van der Waals surface area contributed by atoms with E-state index in [1.807, 2.05) is 0 Å². The third-order valence-electron chi connectivity index (χ3n) is 3.28. The molecular formula is C16H13N3O3. The summed E-state index contributed by atoms with van der Waals surface area (Å²) in [5.41, 5.74) is 2.66. The lowest BCUT2D eigenvalue weighted by molar-refractivity contribution is 0.112. The van der Waals surface area contributed by atoms with Gasteiger partial charge >= 0.3 is 0 Å². The quantitative estimate of drug-likeness (QED) is 0.569. The predicted octanol–water partition coefficient (Wildman–Crippen LogP) is 2.22. The normalized spacial score (nSPS) is 10.5. The van der Waals surface area contributed by atoms with E-state index in [1.165, 1.54) is 18.2 Å². The van der Waals surface area contributed by atoms with Crippen molar-refractivity contribution in [3.05, 3.63) is 59.8 Å². The molecule has 6 nitrogen and oxygen atoms in total.